The lowest BCUT2D eigenvalue weighted by Gasteiger charge is -1.99. The van der Waals surface area contributed by atoms with Crippen LogP contribution < -0.4 is 0 Å². The smallest absolute Gasteiger partial charge is 0.392 e. The van der Waals surface area contributed by atoms with E-state index in [1.54, 1.807) is 0 Å². The molecule has 0 spiro atoms. The number of esters is 1. The molecule has 11 heavy (non-hydrogen) atoms. The van der Waals surface area contributed by atoms with E-state index in [1.165, 1.54) is 0 Å². The molecular weight excluding hydrogens is 161 g/mol. The molecule has 0 atom stereocenters. The van der Waals surface area contributed by atoms with Crippen molar-refractivity contribution < 1.29 is 22.7 Å². The zero-order valence-electron chi connectivity index (χ0n) is 5.81. The topological polar surface area (TPSA) is 26.3 Å². The molecule has 0 N–H and O–H groups in total. The van der Waals surface area contributed by atoms with Gasteiger partial charge in [-0.2, -0.15) is 13.2 Å². The predicted molar refractivity (Wildman–Crippen MR) is 31.6 cm³/mol. The van der Waals surface area contributed by atoms with E-state index in [2.05, 4.69) is 4.74 Å². The Labute approximate surface area is 61.6 Å². The normalized spacial score (nSPS) is 12.0. The average molecular weight is 168 g/mol. The molecule has 64 valence electrons. The van der Waals surface area contributed by atoms with E-state index >= 15 is 0 Å². The molecule has 5 heteroatoms. The number of rotatable bonds is 2. The minimum Gasteiger partial charge on any atom is -0.435 e. The van der Waals surface area contributed by atoms with Gasteiger partial charge in [0.1, 0.15) is 0 Å². The number of alkyl halides is 3. The number of ether oxygens (including phenoxy) is 1. The monoisotopic (exact) mass is 168 g/mol. The first-order valence-corrected chi connectivity index (χ1v) is 2.81. The van der Waals surface area contributed by atoms with Crippen molar-refractivity contribution in [2.45, 2.75) is 19.5 Å². The van der Waals surface area contributed by atoms with Gasteiger partial charge < -0.3 is 4.74 Å². The molecule has 0 heterocycles. The molecule has 0 aliphatic rings. The predicted octanol–water partition coefficient (Wildman–Crippen LogP) is 2.02. The van der Waals surface area contributed by atoms with E-state index in [9.17, 15) is 18.0 Å². The summed E-state index contributed by atoms with van der Waals surface area (Å²) in [5.41, 5.74) is 0. The van der Waals surface area contributed by atoms with Crippen LogP contribution in [0.25, 0.3) is 0 Å². The summed E-state index contributed by atoms with van der Waals surface area (Å²) in [5, 5.41) is 0. The third kappa shape index (κ3) is 9.00. The lowest BCUT2D eigenvalue weighted by atomic mass is 10.4. The highest BCUT2D eigenvalue weighted by atomic mass is 19.4. The minimum atomic E-state index is -4.24. The zero-order valence-corrected chi connectivity index (χ0v) is 5.81. The van der Waals surface area contributed by atoms with Gasteiger partial charge in [0, 0.05) is 6.92 Å². The van der Waals surface area contributed by atoms with Crippen LogP contribution in [0.2, 0.25) is 0 Å². The molecular formula is C6H7F3O2. The summed E-state index contributed by atoms with van der Waals surface area (Å²) < 4.78 is 38.3. The van der Waals surface area contributed by atoms with Crippen molar-refractivity contribution in [1.82, 2.24) is 0 Å². The third-order valence-corrected chi connectivity index (χ3v) is 0.680. The molecule has 0 fully saturated rings. The summed E-state index contributed by atoms with van der Waals surface area (Å²) in [6, 6.07) is 0. The van der Waals surface area contributed by atoms with Gasteiger partial charge >= 0.3 is 12.1 Å². The third-order valence-electron chi connectivity index (χ3n) is 0.680. The number of halogens is 3. The lowest BCUT2D eigenvalue weighted by molar-refractivity contribution is -0.136. The molecule has 0 rings (SSSR count). The summed E-state index contributed by atoms with van der Waals surface area (Å²) in [6.07, 6.45) is -3.85. The van der Waals surface area contributed by atoms with Crippen molar-refractivity contribution >= 4 is 5.97 Å². The molecule has 0 aromatic carbocycles. The van der Waals surface area contributed by atoms with Crippen molar-refractivity contribution in [3.63, 3.8) is 0 Å². The van der Waals surface area contributed by atoms with Crippen LogP contribution in [0.5, 0.6) is 0 Å². The molecule has 0 aliphatic heterocycles. The molecule has 0 aromatic heterocycles. The lowest BCUT2D eigenvalue weighted by Crippen LogP contribution is -2.04. The summed E-state index contributed by atoms with van der Waals surface area (Å²) in [5.74, 6) is -0.636. The Morgan fingerprint density at radius 3 is 2.45 bits per heavy atom. The van der Waals surface area contributed by atoms with Crippen LogP contribution in [0, 0.1) is 0 Å². The first kappa shape index (κ1) is 10.0. The van der Waals surface area contributed by atoms with E-state index in [4.69, 9.17) is 0 Å². The summed E-state index contributed by atoms with van der Waals surface area (Å²) >= 11 is 0. The summed E-state index contributed by atoms with van der Waals surface area (Å²) in [6.45, 7) is 1.11. The first-order chi connectivity index (χ1) is 4.92. The largest absolute Gasteiger partial charge is 0.435 e. The van der Waals surface area contributed by atoms with E-state index < -0.39 is 18.6 Å². The Balaban J connectivity index is 3.53. The maximum Gasteiger partial charge on any atom is 0.392 e. The number of allylic oxidation sites excluding steroid dienone is 1. The molecule has 0 aliphatic carbocycles. The van der Waals surface area contributed by atoms with Crippen molar-refractivity contribution in [2.24, 2.45) is 0 Å². The van der Waals surface area contributed by atoms with Gasteiger partial charge in [-0.1, -0.05) is 0 Å². The van der Waals surface area contributed by atoms with Crippen molar-refractivity contribution in [1.29, 1.82) is 0 Å². The fourth-order valence-corrected chi connectivity index (χ4v) is 0.326. The van der Waals surface area contributed by atoms with E-state index in [0.29, 0.717) is 0 Å². The van der Waals surface area contributed by atoms with Crippen LogP contribution in [0.1, 0.15) is 13.3 Å². The first-order valence-electron chi connectivity index (χ1n) is 2.81. The number of carbonyl (C=O) groups is 1. The molecule has 0 unspecified atom stereocenters. The molecule has 0 radical (unpaired) electrons. The zero-order chi connectivity index (χ0) is 8.91. The Bertz CT molecular complexity index is 160. The highest BCUT2D eigenvalue weighted by Gasteiger charge is 2.24. The van der Waals surface area contributed by atoms with Crippen molar-refractivity contribution in [2.75, 3.05) is 0 Å². The van der Waals surface area contributed by atoms with Gasteiger partial charge in [-0.25, -0.2) is 0 Å². The van der Waals surface area contributed by atoms with E-state index in [0.717, 1.165) is 19.3 Å². The highest BCUT2D eigenvalue weighted by molar-refractivity contribution is 5.66. The van der Waals surface area contributed by atoms with Crippen LogP contribution in [-0.2, 0) is 9.53 Å². The fourth-order valence-electron chi connectivity index (χ4n) is 0.326. The Kier molecular flexibility index (Phi) is 3.64. The van der Waals surface area contributed by atoms with Gasteiger partial charge in [0.2, 0.25) is 0 Å². The van der Waals surface area contributed by atoms with Gasteiger partial charge in [-0.3, -0.25) is 4.79 Å². The summed E-state index contributed by atoms with van der Waals surface area (Å²) in [7, 11) is 0. The summed E-state index contributed by atoms with van der Waals surface area (Å²) in [4.78, 5) is 10.0. The van der Waals surface area contributed by atoms with Gasteiger partial charge in [0.05, 0.1) is 12.7 Å². The van der Waals surface area contributed by atoms with Crippen LogP contribution in [0.15, 0.2) is 12.3 Å². The maximum atomic E-state index is 11.4. The van der Waals surface area contributed by atoms with Crippen LogP contribution >= 0.6 is 0 Å². The Hall–Kier alpha value is -1.00. The van der Waals surface area contributed by atoms with Crippen LogP contribution in [-0.4, -0.2) is 12.1 Å². The second-order valence-corrected chi connectivity index (χ2v) is 1.80. The van der Waals surface area contributed by atoms with Gasteiger partial charge in [0.25, 0.3) is 0 Å². The van der Waals surface area contributed by atoms with Crippen LogP contribution in [0.4, 0.5) is 13.2 Å². The van der Waals surface area contributed by atoms with Gasteiger partial charge in [0.15, 0.2) is 0 Å². The molecule has 0 saturated heterocycles. The highest BCUT2D eigenvalue weighted by Crippen LogP contribution is 2.19. The van der Waals surface area contributed by atoms with Crippen LogP contribution in [0.3, 0.4) is 0 Å². The van der Waals surface area contributed by atoms with Crippen molar-refractivity contribution in [3.05, 3.63) is 12.3 Å². The fraction of sp³-hybridized carbons (Fsp3) is 0.500. The van der Waals surface area contributed by atoms with E-state index in [-0.39, 0.29) is 0 Å². The number of hydrogen-bond acceptors (Lipinski definition) is 2. The molecule has 0 amide bonds. The Morgan fingerprint density at radius 1 is 1.55 bits per heavy atom. The number of hydrogen-bond donors (Lipinski definition) is 0. The SMILES string of the molecule is CC(=O)O/C=C/CC(F)(F)F. The van der Waals surface area contributed by atoms with E-state index in [1.807, 2.05) is 0 Å². The molecule has 2 nitrogen and oxygen atoms in total. The Morgan fingerprint density at radius 2 is 2.09 bits per heavy atom. The second-order valence-electron chi connectivity index (χ2n) is 1.80. The van der Waals surface area contributed by atoms with Gasteiger partial charge in [-0.15, -0.1) is 0 Å². The standard InChI is InChI=1S/C6H7F3O2/c1-5(10)11-4-2-3-6(7,8)9/h2,4H,3H2,1H3/b4-2+. The minimum absolute atomic E-state index is 0.636. The van der Waals surface area contributed by atoms with Gasteiger partial charge in [-0.05, 0) is 6.08 Å². The molecule has 0 bridgehead atoms. The van der Waals surface area contributed by atoms with Crippen molar-refractivity contribution in [3.8, 4) is 0 Å². The average Bonchev–Trinajstić information content (AvgIpc) is 1.78. The quantitative estimate of drug-likeness (QED) is 0.465. The second kappa shape index (κ2) is 4.00. The molecule has 0 aromatic rings. The molecule has 0 saturated carbocycles. The number of carbonyl (C=O) groups excluding carboxylic acids is 1. The maximum absolute atomic E-state index is 11.4.